The first kappa shape index (κ1) is 17.0. The molecule has 4 heterocycles. The number of rotatable bonds is 0. The second-order valence-electron chi connectivity index (χ2n) is 7.48. The predicted molar refractivity (Wildman–Crippen MR) is 103 cm³/mol. The van der Waals surface area contributed by atoms with Gasteiger partial charge < -0.3 is 15.0 Å². The first-order chi connectivity index (χ1) is 13.6. The maximum Gasteiger partial charge on any atom is 0.257 e. The van der Waals surface area contributed by atoms with Crippen LogP contribution in [0.4, 0.5) is 10.1 Å². The van der Waals surface area contributed by atoms with E-state index in [1.807, 2.05) is 30.2 Å². The van der Waals surface area contributed by atoms with E-state index in [0.717, 1.165) is 29.6 Å². The fourth-order valence-corrected chi connectivity index (χ4v) is 4.10. The van der Waals surface area contributed by atoms with Crippen molar-refractivity contribution in [3.63, 3.8) is 0 Å². The van der Waals surface area contributed by atoms with Gasteiger partial charge in [-0.05, 0) is 50.1 Å². The summed E-state index contributed by atoms with van der Waals surface area (Å²) in [5.41, 5.74) is 2.93. The summed E-state index contributed by atoms with van der Waals surface area (Å²) in [5, 5.41) is 7.72. The minimum atomic E-state index is -0.297. The van der Waals surface area contributed by atoms with Gasteiger partial charge in [0.15, 0.2) is 0 Å². The van der Waals surface area contributed by atoms with Gasteiger partial charge in [0, 0.05) is 24.0 Å². The van der Waals surface area contributed by atoms with E-state index < -0.39 is 0 Å². The second kappa shape index (κ2) is 6.51. The molecule has 5 rings (SSSR count). The lowest BCUT2D eigenvalue weighted by Gasteiger charge is -2.33. The summed E-state index contributed by atoms with van der Waals surface area (Å²) in [5.74, 6) is 0.324. The number of hydrogen-bond donors (Lipinski definition) is 1. The van der Waals surface area contributed by atoms with E-state index in [9.17, 15) is 9.18 Å². The molecule has 1 fully saturated rings. The van der Waals surface area contributed by atoms with Crippen molar-refractivity contribution in [2.45, 2.75) is 31.9 Å². The predicted octanol–water partition coefficient (Wildman–Crippen LogP) is 3.64. The van der Waals surface area contributed by atoms with E-state index in [4.69, 9.17) is 4.74 Å². The number of nitrogens with one attached hydrogen (secondary N) is 1. The van der Waals surface area contributed by atoms with Gasteiger partial charge in [-0.3, -0.25) is 4.79 Å². The number of halogens is 1. The summed E-state index contributed by atoms with van der Waals surface area (Å²) in [6.07, 6.45) is 5.05. The van der Waals surface area contributed by atoms with Gasteiger partial charge in [-0.2, -0.15) is 5.10 Å². The SMILES string of the molecule is C[C@H]1Nc2ccn3ncc(c3c2)C(=O)N2CCC[C@@H](C2)Oc2ccc(F)cc21. The van der Waals surface area contributed by atoms with Crippen molar-refractivity contribution in [3.8, 4) is 5.75 Å². The Morgan fingerprint density at radius 3 is 3.07 bits per heavy atom. The monoisotopic (exact) mass is 380 g/mol. The molecule has 4 bridgehead atoms. The van der Waals surface area contributed by atoms with Crippen LogP contribution in [0.25, 0.3) is 5.52 Å². The van der Waals surface area contributed by atoms with Crippen LogP contribution in [0.1, 0.15) is 41.7 Å². The lowest BCUT2D eigenvalue weighted by Crippen LogP contribution is -2.44. The van der Waals surface area contributed by atoms with Crippen LogP contribution in [-0.4, -0.2) is 39.6 Å². The number of aromatic nitrogens is 2. The molecule has 0 saturated carbocycles. The minimum Gasteiger partial charge on any atom is -0.488 e. The van der Waals surface area contributed by atoms with Crippen LogP contribution in [0, 0.1) is 5.82 Å². The van der Waals surface area contributed by atoms with E-state index in [-0.39, 0.29) is 23.9 Å². The fraction of sp³-hybridized carbons (Fsp3) is 0.333. The van der Waals surface area contributed by atoms with E-state index in [0.29, 0.717) is 24.4 Å². The third kappa shape index (κ3) is 2.87. The first-order valence-corrected chi connectivity index (χ1v) is 9.58. The Balaban J connectivity index is 1.65. The number of piperidine rings is 1. The molecule has 0 aliphatic carbocycles. The molecule has 2 atom stereocenters. The molecule has 28 heavy (non-hydrogen) atoms. The molecule has 0 radical (unpaired) electrons. The van der Waals surface area contributed by atoms with Gasteiger partial charge in [-0.1, -0.05) is 0 Å². The van der Waals surface area contributed by atoms with Gasteiger partial charge in [0.1, 0.15) is 17.7 Å². The van der Waals surface area contributed by atoms with Crippen molar-refractivity contribution in [2.24, 2.45) is 0 Å². The Labute approximate surface area is 161 Å². The standard InChI is InChI=1S/C21H21FN4O2/c1-13-17-9-14(22)4-5-20(17)28-16-3-2-7-25(12-16)21(27)18-11-23-26-8-6-15(24-13)10-19(18)26/h4-6,8-11,13,16,24H,2-3,7,12H2,1H3/t13-,16+/m1/s1. The molecule has 2 aromatic heterocycles. The Bertz CT molecular complexity index is 1060. The van der Waals surface area contributed by atoms with Crippen molar-refractivity contribution in [1.29, 1.82) is 0 Å². The normalized spacial score (nSPS) is 21.9. The third-order valence-electron chi connectivity index (χ3n) is 5.53. The van der Waals surface area contributed by atoms with Gasteiger partial charge in [-0.25, -0.2) is 8.91 Å². The molecular formula is C21H21FN4O2. The molecular weight excluding hydrogens is 359 g/mol. The topological polar surface area (TPSA) is 58.9 Å². The zero-order valence-electron chi connectivity index (χ0n) is 15.6. The molecule has 7 heteroatoms. The largest absolute Gasteiger partial charge is 0.488 e. The van der Waals surface area contributed by atoms with Gasteiger partial charge in [-0.15, -0.1) is 0 Å². The third-order valence-corrected chi connectivity index (χ3v) is 5.53. The molecule has 3 aromatic rings. The first-order valence-electron chi connectivity index (χ1n) is 9.58. The summed E-state index contributed by atoms with van der Waals surface area (Å²) in [6, 6.07) is 8.25. The van der Waals surface area contributed by atoms with Crippen LogP contribution in [-0.2, 0) is 0 Å². The van der Waals surface area contributed by atoms with Gasteiger partial charge in [0.2, 0.25) is 0 Å². The Kier molecular flexibility index (Phi) is 3.96. The Morgan fingerprint density at radius 1 is 1.29 bits per heavy atom. The number of nitrogens with zero attached hydrogens (tertiary/aromatic N) is 3. The van der Waals surface area contributed by atoms with Crippen LogP contribution in [0.3, 0.4) is 0 Å². The molecule has 2 aliphatic rings. The van der Waals surface area contributed by atoms with Gasteiger partial charge in [0.25, 0.3) is 5.91 Å². The summed E-state index contributed by atoms with van der Waals surface area (Å²) in [4.78, 5) is 15.0. The molecule has 144 valence electrons. The average Bonchev–Trinajstić information content (AvgIpc) is 3.11. The van der Waals surface area contributed by atoms with Crippen molar-refractivity contribution >= 4 is 17.1 Å². The number of carbonyl (C=O) groups is 1. The zero-order valence-corrected chi connectivity index (χ0v) is 15.6. The summed E-state index contributed by atoms with van der Waals surface area (Å²) < 4.78 is 21.9. The summed E-state index contributed by atoms with van der Waals surface area (Å²) in [6.45, 7) is 3.18. The maximum atomic E-state index is 14.0. The summed E-state index contributed by atoms with van der Waals surface area (Å²) >= 11 is 0. The van der Waals surface area contributed by atoms with Crippen LogP contribution < -0.4 is 10.1 Å². The van der Waals surface area contributed by atoms with Crippen LogP contribution in [0.15, 0.2) is 42.7 Å². The highest BCUT2D eigenvalue weighted by molar-refractivity contribution is 6.01. The lowest BCUT2D eigenvalue weighted by molar-refractivity contribution is 0.0537. The number of fused-ring (bicyclic) bond motifs is 4. The average molecular weight is 380 g/mol. The molecule has 6 nitrogen and oxygen atoms in total. The molecule has 1 N–H and O–H groups in total. The highest BCUT2D eigenvalue weighted by atomic mass is 19.1. The smallest absolute Gasteiger partial charge is 0.257 e. The molecule has 1 aromatic carbocycles. The highest BCUT2D eigenvalue weighted by Crippen LogP contribution is 2.32. The number of amides is 1. The molecule has 1 saturated heterocycles. The van der Waals surface area contributed by atoms with E-state index in [1.165, 1.54) is 12.1 Å². The maximum absolute atomic E-state index is 14.0. The molecule has 1 amide bonds. The Morgan fingerprint density at radius 2 is 2.18 bits per heavy atom. The number of pyridine rings is 1. The lowest BCUT2D eigenvalue weighted by atomic mass is 10.0. The number of hydrogen-bond acceptors (Lipinski definition) is 4. The van der Waals surface area contributed by atoms with E-state index >= 15 is 0 Å². The van der Waals surface area contributed by atoms with Gasteiger partial charge >= 0.3 is 0 Å². The van der Waals surface area contributed by atoms with Crippen molar-refractivity contribution in [3.05, 3.63) is 59.7 Å². The van der Waals surface area contributed by atoms with Crippen molar-refractivity contribution in [1.82, 2.24) is 14.5 Å². The highest BCUT2D eigenvalue weighted by Gasteiger charge is 2.29. The van der Waals surface area contributed by atoms with Crippen LogP contribution in [0.2, 0.25) is 0 Å². The minimum absolute atomic E-state index is 0.0351. The van der Waals surface area contributed by atoms with Gasteiger partial charge in [0.05, 0.1) is 29.9 Å². The zero-order chi connectivity index (χ0) is 19.3. The summed E-state index contributed by atoms with van der Waals surface area (Å²) in [7, 11) is 0. The molecule has 0 unspecified atom stereocenters. The van der Waals surface area contributed by atoms with E-state index in [2.05, 4.69) is 10.4 Å². The van der Waals surface area contributed by atoms with Crippen LogP contribution in [0.5, 0.6) is 5.75 Å². The Hall–Kier alpha value is -3.09. The number of benzene rings is 1. The van der Waals surface area contributed by atoms with Crippen molar-refractivity contribution < 1.29 is 13.9 Å². The quantitative estimate of drug-likeness (QED) is 0.647. The second-order valence-corrected chi connectivity index (χ2v) is 7.48. The van der Waals surface area contributed by atoms with E-state index in [1.54, 1.807) is 16.8 Å². The van der Waals surface area contributed by atoms with Crippen LogP contribution >= 0.6 is 0 Å². The van der Waals surface area contributed by atoms with Crippen molar-refractivity contribution in [2.75, 3.05) is 18.4 Å². The molecule has 2 aliphatic heterocycles. The fourth-order valence-electron chi connectivity index (χ4n) is 4.10. The number of carbonyl (C=O) groups excluding carboxylic acids is 1. The number of ether oxygens (including phenoxy) is 1. The molecule has 0 spiro atoms. The number of anilines is 1.